The normalized spacial score (nSPS) is 12.2. The van der Waals surface area contributed by atoms with Gasteiger partial charge in [0.2, 0.25) is 18.5 Å². The van der Waals surface area contributed by atoms with Gasteiger partial charge in [-0.2, -0.15) is 4.98 Å². The van der Waals surface area contributed by atoms with Crippen molar-refractivity contribution in [2.75, 3.05) is 13.3 Å². The average Bonchev–Trinajstić information content (AvgIpc) is 3.57. The van der Waals surface area contributed by atoms with Gasteiger partial charge in [-0.1, -0.05) is 35.5 Å². The van der Waals surface area contributed by atoms with E-state index in [0.717, 1.165) is 11.1 Å². The lowest BCUT2D eigenvalue weighted by Gasteiger charge is -2.21. The van der Waals surface area contributed by atoms with Crippen molar-refractivity contribution in [1.29, 1.82) is 0 Å². The number of amides is 1. The highest BCUT2D eigenvalue weighted by atomic mass is 16.7. The van der Waals surface area contributed by atoms with Gasteiger partial charge in [0, 0.05) is 24.8 Å². The Hall–Kier alpha value is -4.07. The highest BCUT2D eigenvalue weighted by Crippen LogP contribution is 2.35. The van der Waals surface area contributed by atoms with Crippen LogP contribution >= 0.6 is 0 Å². The number of hydrogen-bond donors (Lipinski definition) is 0. The fourth-order valence-electron chi connectivity index (χ4n) is 3.65. The number of ether oxygens (including phenoxy) is 2. The van der Waals surface area contributed by atoms with E-state index < -0.39 is 0 Å². The molecule has 32 heavy (non-hydrogen) atoms. The van der Waals surface area contributed by atoms with Gasteiger partial charge in [0.1, 0.15) is 12.2 Å². The molecule has 1 amide bonds. The van der Waals surface area contributed by atoms with Crippen LogP contribution in [-0.4, -0.2) is 38.9 Å². The zero-order valence-electron chi connectivity index (χ0n) is 17.6. The molecule has 0 N–H and O–H groups in total. The van der Waals surface area contributed by atoms with Crippen LogP contribution in [0.25, 0.3) is 23.0 Å². The van der Waals surface area contributed by atoms with E-state index in [4.69, 9.17) is 14.0 Å². The summed E-state index contributed by atoms with van der Waals surface area (Å²) in [7, 11) is 0. The van der Waals surface area contributed by atoms with E-state index in [1.165, 1.54) is 0 Å². The number of aromatic nitrogens is 3. The number of carbonyl (C=O) groups excluding carboxylic acids is 1. The lowest BCUT2D eigenvalue weighted by molar-refractivity contribution is -0.132. The number of likely N-dealkylation sites (N-methyl/N-ethyl adjacent to an activating group) is 1. The van der Waals surface area contributed by atoms with Crippen LogP contribution in [0.4, 0.5) is 0 Å². The quantitative estimate of drug-likeness (QED) is 0.441. The first-order valence-corrected chi connectivity index (χ1v) is 10.4. The van der Waals surface area contributed by atoms with Crippen LogP contribution in [0.15, 0.2) is 71.4 Å². The van der Waals surface area contributed by atoms with Gasteiger partial charge < -0.3 is 23.5 Å². The summed E-state index contributed by atoms with van der Waals surface area (Å²) in [6, 6.07) is 19.2. The molecule has 0 bridgehead atoms. The number of hydrogen-bond acceptors (Lipinski definition) is 6. The van der Waals surface area contributed by atoms with Crippen LogP contribution in [0.5, 0.6) is 11.5 Å². The molecule has 8 nitrogen and oxygen atoms in total. The molecule has 0 radical (unpaired) electrons. The monoisotopic (exact) mass is 430 g/mol. The van der Waals surface area contributed by atoms with Crippen molar-refractivity contribution in [2.45, 2.75) is 20.0 Å². The Kier molecular flexibility index (Phi) is 5.33. The topological polar surface area (TPSA) is 82.6 Å². The predicted octanol–water partition coefficient (Wildman–Crippen LogP) is 3.98. The highest BCUT2D eigenvalue weighted by molar-refractivity contribution is 5.76. The maximum absolute atomic E-state index is 13.0. The van der Waals surface area contributed by atoms with Crippen molar-refractivity contribution in [3.8, 4) is 34.5 Å². The van der Waals surface area contributed by atoms with Crippen molar-refractivity contribution in [3.05, 3.63) is 72.4 Å². The first kappa shape index (κ1) is 19.9. The van der Waals surface area contributed by atoms with Crippen molar-refractivity contribution in [2.24, 2.45) is 0 Å². The second-order valence-corrected chi connectivity index (χ2v) is 7.41. The molecule has 0 saturated heterocycles. The second kappa shape index (κ2) is 8.58. The molecule has 0 aliphatic carbocycles. The van der Waals surface area contributed by atoms with Crippen LogP contribution < -0.4 is 9.47 Å². The third kappa shape index (κ3) is 3.94. The van der Waals surface area contributed by atoms with Gasteiger partial charge in [0.15, 0.2) is 11.5 Å². The summed E-state index contributed by atoms with van der Waals surface area (Å²) in [4.78, 5) is 19.3. The van der Waals surface area contributed by atoms with E-state index in [-0.39, 0.29) is 19.2 Å². The fraction of sp³-hybridized carbons (Fsp3) is 0.208. The number of benzene rings is 2. The third-order valence-corrected chi connectivity index (χ3v) is 5.36. The minimum absolute atomic E-state index is 0.0179. The lowest BCUT2D eigenvalue weighted by Crippen LogP contribution is -2.33. The lowest BCUT2D eigenvalue weighted by atomic mass is 10.2. The molecule has 4 aromatic rings. The number of rotatable bonds is 7. The van der Waals surface area contributed by atoms with E-state index in [1.807, 2.05) is 83.3 Å². The molecule has 162 valence electrons. The summed E-state index contributed by atoms with van der Waals surface area (Å²) >= 11 is 0. The Morgan fingerprint density at radius 1 is 1.06 bits per heavy atom. The van der Waals surface area contributed by atoms with Crippen LogP contribution in [0.1, 0.15) is 12.5 Å². The maximum Gasteiger partial charge on any atom is 0.274 e. The molecule has 0 saturated carbocycles. The van der Waals surface area contributed by atoms with E-state index >= 15 is 0 Å². The van der Waals surface area contributed by atoms with Gasteiger partial charge in [0.05, 0.1) is 0 Å². The Labute approximate surface area is 185 Å². The van der Waals surface area contributed by atoms with Gasteiger partial charge in [-0.15, -0.1) is 0 Å². The molecule has 2 aromatic heterocycles. The van der Waals surface area contributed by atoms with Crippen LogP contribution in [0, 0.1) is 0 Å². The summed E-state index contributed by atoms with van der Waals surface area (Å²) < 4.78 is 18.1. The second-order valence-electron chi connectivity index (χ2n) is 7.41. The van der Waals surface area contributed by atoms with E-state index in [9.17, 15) is 4.79 Å². The fourth-order valence-corrected chi connectivity index (χ4v) is 3.65. The predicted molar refractivity (Wildman–Crippen MR) is 117 cm³/mol. The molecule has 0 atom stereocenters. The summed E-state index contributed by atoms with van der Waals surface area (Å²) in [6.07, 6.45) is 1.84. The zero-order chi connectivity index (χ0) is 21.9. The largest absolute Gasteiger partial charge is 0.454 e. The molecule has 0 unspecified atom stereocenters. The number of carbonyl (C=O) groups is 1. The van der Waals surface area contributed by atoms with Gasteiger partial charge >= 0.3 is 0 Å². The van der Waals surface area contributed by atoms with Crippen molar-refractivity contribution < 1.29 is 18.8 Å². The summed E-state index contributed by atoms with van der Waals surface area (Å²) in [5, 5.41) is 4.10. The molecule has 2 aromatic carbocycles. The molecule has 5 rings (SSSR count). The molecular formula is C24H22N4O4. The van der Waals surface area contributed by atoms with Crippen molar-refractivity contribution in [3.63, 3.8) is 0 Å². The van der Waals surface area contributed by atoms with Crippen LogP contribution in [0.3, 0.4) is 0 Å². The summed E-state index contributed by atoms with van der Waals surface area (Å²) in [5.41, 5.74) is 2.55. The Morgan fingerprint density at radius 2 is 1.91 bits per heavy atom. The van der Waals surface area contributed by atoms with E-state index in [2.05, 4.69) is 10.1 Å². The first-order chi connectivity index (χ1) is 15.7. The Balaban J connectivity index is 1.33. The highest BCUT2D eigenvalue weighted by Gasteiger charge is 2.20. The smallest absolute Gasteiger partial charge is 0.274 e. The molecule has 8 heteroatoms. The molecule has 1 aliphatic rings. The number of nitrogens with zero attached hydrogens (tertiary/aromatic N) is 4. The van der Waals surface area contributed by atoms with Gasteiger partial charge in [-0.3, -0.25) is 4.79 Å². The minimum Gasteiger partial charge on any atom is -0.454 e. The average molecular weight is 430 g/mol. The molecule has 0 fully saturated rings. The molecule has 0 spiro atoms. The summed E-state index contributed by atoms with van der Waals surface area (Å²) in [5.74, 6) is 2.16. The Morgan fingerprint density at radius 3 is 2.75 bits per heavy atom. The van der Waals surface area contributed by atoms with Gasteiger partial charge in [-0.25, -0.2) is 0 Å². The molecule has 1 aliphatic heterocycles. The SMILES string of the molecule is CCN(Cc1ccccc1)C(=O)Cn1cccc1-c1nc(-c2ccc3c(c2)OCO3)no1. The first-order valence-electron chi connectivity index (χ1n) is 10.4. The van der Waals surface area contributed by atoms with Crippen LogP contribution in [0.2, 0.25) is 0 Å². The molecular weight excluding hydrogens is 408 g/mol. The molecule has 3 heterocycles. The maximum atomic E-state index is 13.0. The standard InChI is InChI=1S/C24H22N4O4/c1-2-27(14-17-7-4-3-5-8-17)22(29)15-28-12-6-9-19(28)24-25-23(26-32-24)18-10-11-20-21(13-18)31-16-30-20/h3-13H,2,14-16H2,1H3. The zero-order valence-corrected chi connectivity index (χ0v) is 17.6. The third-order valence-electron chi connectivity index (χ3n) is 5.36. The number of fused-ring (bicyclic) bond motifs is 1. The van der Waals surface area contributed by atoms with Gasteiger partial charge in [0.25, 0.3) is 5.89 Å². The van der Waals surface area contributed by atoms with E-state index in [0.29, 0.717) is 42.0 Å². The van der Waals surface area contributed by atoms with E-state index in [1.54, 1.807) is 0 Å². The van der Waals surface area contributed by atoms with Crippen LogP contribution in [-0.2, 0) is 17.9 Å². The summed E-state index contributed by atoms with van der Waals surface area (Å²) in [6.45, 7) is 3.56. The van der Waals surface area contributed by atoms with Gasteiger partial charge in [-0.05, 0) is 42.8 Å². The van der Waals surface area contributed by atoms with Crippen molar-refractivity contribution in [1.82, 2.24) is 19.6 Å². The minimum atomic E-state index is 0.0179. The Bertz CT molecular complexity index is 1230. The van der Waals surface area contributed by atoms with Crippen molar-refractivity contribution >= 4 is 5.91 Å².